The van der Waals surface area contributed by atoms with Crippen molar-refractivity contribution in [2.45, 2.75) is 32.4 Å². The number of para-hydroxylation sites is 1. The minimum absolute atomic E-state index is 0.0658. The van der Waals surface area contributed by atoms with Gasteiger partial charge in [-0.05, 0) is 44.5 Å². The molecule has 1 N–H and O–H groups in total. The number of anilines is 2. The first kappa shape index (κ1) is 14.6. The standard InChI is InChI=1S/C17H18N6O/c1-11-10-14(17(24)22(11)13-6-4-3-5-7-13)18-15-8-9-16-20-19-12(2)23(16)21-15/h3-9,11,14H,10H2,1-2H3,(H,18,21)/t11-,14-/m0/s1. The molecule has 1 aliphatic rings. The van der Waals surface area contributed by atoms with E-state index in [1.54, 1.807) is 4.52 Å². The number of carbonyl (C=O) groups is 1. The fourth-order valence-electron chi connectivity index (χ4n) is 3.18. The molecule has 3 heterocycles. The fraction of sp³-hybridized carbons (Fsp3) is 0.294. The van der Waals surface area contributed by atoms with Crippen LogP contribution in [0.2, 0.25) is 0 Å². The van der Waals surface area contributed by atoms with Crippen molar-refractivity contribution in [3.05, 3.63) is 48.3 Å². The molecule has 3 aromatic rings. The minimum atomic E-state index is -0.290. The summed E-state index contributed by atoms with van der Waals surface area (Å²) in [6.45, 7) is 3.91. The van der Waals surface area contributed by atoms with Gasteiger partial charge in [0.2, 0.25) is 5.91 Å². The molecular formula is C17H18N6O. The van der Waals surface area contributed by atoms with Crippen LogP contribution in [0.25, 0.3) is 5.65 Å². The molecule has 1 aliphatic heterocycles. The molecule has 24 heavy (non-hydrogen) atoms. The second kappa shape index (κ2) is 5.59. The number of hydrogen-bond acceptors (Lipinski definition) is 5. The molecule has 0 saturated carbocycles. The average molecular weight is 322 g/mol. The Morgan fingerprint density at radius 1 is 1.12 bits per heavy atom. The molecule has 0 spiro atoms. The molecule has 7 nitrogen and oxygen atoms in total. The molecule has 7 heteroatoms. The van der Waals surface area contributed by atoms with Crippen LogP contribution in [0.4, 0.5) is 11.5 Å². The van der Waals surface area contributed by atoms with E-state index in [1.807, 2.05) is 54.3 Å². The van der Waals surface area contributed by atoms with Gasteiger partial charge in [-0.2, -0.15) is 4.52 Å². The van der Waals surface area contributed by atoms with Crippen molar-refractivity contribution in [1.82, 2.24) is 19.8 Å². The normalized spacial score (nSPS) is 20.8. The Labute approximate surface area is 139 Å². The number of hydrogen-bond donors (Lipinski definition) is 1. The van der Waals surface area contributed by atoms with Gasteiger partial charge in [-0.15, -0.1) is 15.3 Å². The third-order valence-electron chi connectivity index (χ3n) is 4.33. The third-order valence-corrected chi connectivity index (χ3v) is 4.33. The van der Waals surface area contributed by atoms with Gasteiger partial charge in [-0.3, -0.25) is 4.79 Å². The van der Waals surface area contributed by atoms with Crippen molar-refractivity contribution in [3.63, 3.8) is 0 Å². The molecule has 0 aliphatic carbocycles. The van der Waals surface area contributed by atoms with Crippen LogP contribution in [0.15, 0.2) is 42.5 Å². The van der Waals surface area contributed by atoms with Crippen LogP contribution in [0.1, 0.15) is 19.2 Å². The van der Waals surface area contributed by atoms with Gasteiger partial charge in [-0.1, -0.05) is 18.2 Å². The summed E-state index contributed by atoms with van der Waals surface area (Å²) in [6, 6.07) is 13.3. The van der Waals surface area contributed by atoms with Crippen LogP contribution in [0.3, 0.4) is 0 Å². The fourth-order valence-corrected chi connectivity index (χ4v) is 3.18. The minimum Gasteiger partial charge on any atom is -0.357 e. The molecule has 0 bridgehead atoms. The summed E-state index contributed by atoms with van der Waals surface area (Å²) >= 11 is 0. The van der Waals surface area contributed by atoms with Crippen molar-refractivity contribution in [2.24, 2.45) is 0 Å². The molecule has 1 fully saturated rings. The summed E-state index contributed by atoms with van der Waals surface area (Å²) in [5.41, 5.74) is 1.62. The Kier molecular flexibility index (Phi) is 3.41. The lowest BCUT2D eigenvalue weighted by Gasteiger charge is -2.21. The van der Waals surface area contributed by atoms with Crippen molar-refractivity contribution in [3.8, 4) is 0 Å². The maximum atomic E-state index is 12.8. The number of rotatable bonds is 3. The van der Waals surface area contributed by atoms with E-state index in [9.17, 15) is 4.79 Å². The van der Waals surface area contributed by atoms with E-state index in [0.717, 1.165) is 12.1 Å². The van der Waals surface area contributed by atoms with E-state index in [2.05, 4.69) is 27.5 Å². The van der Waals surface area contributed by atoms with Crippen molar-refractivity contribution in [1.29, 1.82) is 0 Å². The van der Waals surface area contributed by atoms with Gasteiger partial charge in [0, 0.05) is 11.7 Å². The van der Waals surface area contributed by atoms with Crippen molar-refractivity contribution in [2.75, 3.05) is 10.2 Å². The van der Waals surface area contributed by atoms with E-state index in [4.69, 9.17) is 0 Å². The largest absolute Gasteiger partial charge is 0.357 e. The Morgan fingerprint density at radius 3 is 2.71 bits per heavy atom. The highest BCUT2D eigenvalue weighted by molar-refractivity contribution is 6.01. The molecule has 122 valence electrons. The van der Waals surface area contributed by atoms with Crippen LogP contribution in [-0.4, -0.2) is 37.8 Å². The first-order valence-corrected chi connectivity index (χ1v) is 7.97. The summed E-state index contributed by atoms with van der Waals surface area (Å²) < 4.78 is 1.67. The quantitative estimate of drug-likeness (QED) is 0.798. The van der Waals surface area contributed by atoms with Crippen LogP contribution >= 0.6 is 0 Å². The number of amides is 1. The maximum Gasteiger partial charge on any atom is 0.249 e. The van der Waals surface area contributed by atoms with Crippen LogP contribution in [0.5, 0.6) is 0 Å². The summed E-state index contributed by atoms with van der Waals surface area (Å²) in [5, 5.41) is 15.7. The smallest absolute Gasteiger partial charge is 0.249 e. The highest BCUT2D eigenvalue weighted by atomic mass is 16.2. The van der Waals surface area contributed by atoms with Crippen LogP contribution < -0.4 is 10.2 Å². The van der Waals surface area contributed by atoms with Gasteiger partial charge in [0.1, 0.15) is 11.9 Å². The first-order chi connectivity index (χ1) is 11.6. The predicted molar refractivity (Wildman–Crippen MR) is 90.9 cm³/mol. The van der Waals surface area contributed by atoms with E-state index in [1.165, 1.54) is 0 Å². The van der Waals surface area contributed by atoms with E-state index < -0.39 is 0 Å². The van der Waals surface area contributed by atoms with Gasteiger partial charge in [0.25, 0.3) is 0 Å². The lowest BCUT2D eigenvalue weighted by molar-refractivity contribution is -0.117. The van der Waals surface area contributed by atoms with E-state index >= 15 is 0 Å². The van der Waals surface area contributed by atoms with Crippen LogP contribution in [0, 0.1) is 6.92 Å². The second-order valence-electron chi connectivity index (χ2n) is 6.06. The summed E-state index contributed by atoms with van der Waals surface area (Å²) in [7, 11) is 0. The first-order valence-electron chi connectivity index (χ1n) is 7.97. The lowest BCUT2D eigenvalue weighted by Crippen LogP contribution is -2.35. The van der Waals surface area contributed by atoms with E-state index in [0.29, 0.717) is 17.3 Å². The van der Waals surface area contributed by atoms with Gasteiger partial charge in [0.05, 0.1) is 0 Å². The third kappa shape index (κ3) is 2.38. The average Bonchev–Trinajstić information content (AvgIpc) is 3.09. The van der Waals surface area contributed by atoms with Crippen molar-refractivity contribution < 1.29 is 4.79 Å². The monoisotopic (exact) mass is 322 g/mol. The Hall–Kier alpha value is -2.96. The zero-order chi connectivity index (χ0) is 16.7. The lowest BCUT2D eigenvalue weighted by atomic mass is 10.2. The molecule has 0 radical (unpaired) electrons. The molecule has 4 rings (SSSR count). The Bertz CT molecular complexity index is 890. The number of fused-ring (bicyclic) bond motifs is 1. The Morgan fingerprint density at radius 2 is 1.92 bits per heavy atom. The highest BCUT2D eigenvalue weighted by Gasteiger charge is 2.38. The zero-order valence-electron chi connectivity index (χ0n) is 13.5. The van der Waals surface area contributed by atoms with Gasteiger partial charge >= 0.3 is 0 Å². The number of benzene rings is 1. The Balaban J connectivity index is 1.58. The topological polar surface area (TPSA) is 75.4 Å². The number of carbonyl (C=O) groups excluding carboxylic acids is 1. The molecule has 0 unspecified atom stereocenters. The highest BCUT2D eigenvalue weighted by Crippen LogP contribution is 2.28. The summed E-state index contributed by atoms with van der Waals surface area (Å²) in [6.07, 6.45) is 0.731. The van der Waals surface area contributed by atoms with E-state index in [-0.39, 0.29) is 18.0 Å². The molecule has 1 aromatic carbocycles. The van der Waals surface area contributed by atoms with Gasteiger partial charge in [0.15, 0.2) is 11.5 Å². The van der Waals surface area contributed by atoms with Crippen LogP contribution in [-0.2, 0) is 4.79 Å². The number of nitrogens with zero attached hydrogens (tertiary/aromatic N) is 5. The molecule has 1 saturated heterocycles. The van der Waals surface area contributed by atoms with Gasteiger partial charge < -0.3 is 10.2 Å². The molecule has 1 amide bonds. The number of aryl methyl sites for hydroxylation is 1. The predicted octanol–water partition coefficient (Wildman–Crippen LogP) is 2.04. The molecule has 2 atom stereocenters. The molecule has 2 aromatic heterocycles. The summed E-state index contributed by atoms with van der Waals surface area (Å²) in [5.74, 6) is 1.42. The molecular weight excluding hydrogens is 304 g/mol. The van der Waals surface area contributed by atoms with Gasteiger partial charge in [-0.25, -0.2) is 0 Å². The summed E-state index contributed by atoms with van der Waals surface area (Å²) in [4.78, 5) is 14.7. The SMILES string of the molecule is Cc1nnc2ccc(N[C@H]3C[C@H](C)N(c4ccccc4)C3=O)nn12. The maximum absolute atomic E-state index is 12.8. The number of nitrogens with one attached hydrogen (secondary N) is 1. The zero-order valence-corrected chi connectivity index (χ0v) is 13.5. The van der Waals surface area contributed by atoms with Crippen molar-refractivity contribution >= 4 is 23.1 Å². The second-order valence-corrected chi connectivity index (χ2v) is 6.06. The number of aromatic nitrogens is 4.